The Kier molecular flexibility index (Phi) is 5.64. The van der Waals surface area contributed by atoms with Gasteiger partial charge in [-0.25, -0.2) is 0 Å². The van der Waals surface area contributed by atoms with Crippen molar-refractivity contribution in [3.05, 3.63) is 0 Å². The van der Waals surface area contributed by atoms with Crippen molar-refractivity contribution in [2.75, 3.05) is 13.2 Å². The Balaban J connectivity index is 1.60. The molecule has 110 valence electrons. The minimum absolute atomic E-state index is 0.0134. The van der Waals surface area contributed by atoms with Crippen LogP contribution in [0.25, 0.3) is 0 Å². The van der Waals surface area contributed by atoms with Crippen LogP contribution in [0.4, 0.5) is 0 Å². The number of carbonyl (C=O) groups is 1. The van der Waals surface area contributed by atoms with E-state index in [0.717, 1.165) is 25.7 Å². The summed E-state index contributed by atoms with van der Waals surface area (Å²) in [4.78, 5) is 12.1. The van der Waals surface area contributed by atoms with Gasteiger partial charge in [0.25, 0.3) is 0 Å². The molecule has 4 nitrogen and oxygen atoms in total. The molecule has 3 N–H and O–H groups in total. The van der Waals surface area contributed by atoms with Crippen molar-refractivity contribution in [3.8, 4) is 0 Å². The fourth-order valence-corrected chi connectivity index (χ4v) is 3.21. The van der Waals surface area contributed by atoms with E-state index in [1.165, 1.54) is 38.5 Å². The third kappa shape index (κ3) is 4.46. The number of nitrogens with one attached hydrogen (secondary N) is 1. The van der Waals surface area contributed by atoms with Crippen LogP contribution in [-0.2, 0) is 9.53 Å². The Hall–Kier alpha value is -0.610. The van der Waals surface area contributed by atoms with E-state index in [0.29, 0.717) is 19.3 Å². The number of hydrogen-bond donors (Lipinski definition) is 2. The maximum Gasteiger partial charge on any atom is 0.240 e. The molecule has 4 heteroatoms. The summed E-state index contributed by atoms with van der Waals surface area (Å²) in [5.74, 6) is 0.0134. The average Bonchev–Trinajstić information content (AvgIpc) is 2.45. The van der Waals surface area contributed by atoms with Gasteiger partial charge in [-0.3, -0.25) is 4.79 Å². The molecule has 0 saturated heterocycles. The van der Waals surface area contributed by atoms with Crippen LogP contribution in [0, 0.1) is 0 Å². The van der Waals surface area contributed by atoms with Crippen molar-refractivity contribution in [2.24, 2.45) is 5.73 Å². The lowest BCUT2D eigenvalue weighted by Crippen LogP contribution is -2.55. The van der Waals surface area contributed by atoms with Crippen molar-refractivity contribution < 1.29 is 9.53 Å². The fourth-order valence-electron chi connectivity index (χ4n) is 3.21. The SMILES string of the molecule is NC1(C(=O)NCCOC2CCCCC2)CCCCC1. The molecule has 2 saturated carbocycles. The van der Waals surface area contributed by atoms with Gasteiger partial charge in [0.1, 0.15) is 0 Å². The molecule has 0 aromatic heterocycles. The zero-order valence-electron chi connectivity index (χ0n) is 12.0. The van der Waals surface area contributed by atoms with Crippen molar-refractivity contribution in [1.82, 2.24) is 5.32 Å². The standard InChI is InChI=1S/C15H28N2O2/c16-15(9-5-2-6-10-15)14(18)17-11-12-19-13-7-3-1-4-8-13/h13H,1-12,16H2,(H,17,18). The lowest BCUT2D eigenvalue weighted by Gasteiger charge is -2.32. The van der Waals surface area contributed by atoms with Crippen LogP contribution in [0.15, 0.2) is 0 Å². The molecule has 2 rings (SSSR count). The lowest BCUT2D eigenvalue weighted by molar-refractivity contribution is -0.127. The van der Waals surface area contributed by atoms with Crippen LogP contribution in [0.5, 0.6) is 0 Å². The third-order valence-corrected chi connectivity index (χ3v) is 4.49. The molecule has 0 aliphatic heterocycles. The van der Waals surface area contributed by atoms with Gasteiger partial charge in [-0.1, -0.05) is 38.5 Å². The van der Waals surface area contributed by atoms with Crippen molar-refractivity contribution in [3.63, 3.8) is 0 Å². The summed E-state index contributed by atoms with van der Waals surface area (Å²) < 4.78 is 5.80. The third-order valence-electron chi connectivity index (χ3n) is 4.49. The molecule has 0 bridgehead atoms. The first-order chi connectivity index (χ1) is 9.21. The average molecular weight is 268 g/mol. The van der Waals surface area contributed by atoms with Crippen LogP contribution in [-0.4, -0.2) is 30.7 Å². The predicted molar refractivity (Wildman–Crippen MR) is 75.8 cm³/mol. The topological polar surface area (TPSA) is 64.4 Å². The molecule has 0 unspecified atom stereocenters. The van der Waals surface area contributed by atoms with Crippen molar-refractivity contribution in [1.29, 1.82) is 0 Å². The van der Waals surface area contributed by atoms with E-state index < -0.39 is 5.54 Å². The number of nitrogens with two attached hydrogens (primary N) is 1. The van der Waals surface area contributed by atoms with Gasteiger partial charge in [-0.05, 0) is 25.7 Å². The van der Waals surface area contributed by atoms with Gasteiger partial charge < -0.3 is 15.8 Å². The van der Waals surface area contributed by atoms with Gasteiger partial charge >= 0.3 is 0 Å². The van der Waals surface area contributed by atoms with Crippen LogP contribution >= 0.6 is 0 Å². The summed E-state index contributed by atoms with van der Waals surface area (Å²) in [5.41, 5.74) is 5.55. The van der Waals surface area contributed by atoms with Gasteiger partial charge in [-0.15, -0.1) is 0 Å². The van der Waals surface area contributed by atoms with E-state index in [4.69, 9.17) is 10.5 Å². The molecule has 2 aliphatic carbocycles. The highest BCUT2D eigenvalue weighted by Gasteiger charge is 2.34. The highest BCUT2D eigenvalue weighted by molar-refractivity contribution is 5.86. The first-order valence-corrected chi connectivity index (χ1v) is 7.89. The van der Waals surface area contributed by atoms with Crippen LogP contribution in [0.1, 0.15) is 64.2 Å². The highest BCUT2D eigenvalue weighted by Crippen LogP contribution is 2.25. The Morgan fingerprint density at radius 2 is 1.74 bits per heavy atom. The molecule has 0 spiro atoms. The second kappa shape index (κ2) is 7.25. The second-order valence-electron chi connectivity index (χ2n) is 6.10. The Morgan fingerprint density at radius 3 is 2.42 bits per heavy atom. The Bertz CT molecular complexity index is 282. The molecule has 2 aliphatic rings. The minimum Gasteiger partial charge on any atom is -0.376 e. The normalized spacial score (nSPS) is 24.1. The quantitative estimate of drug-likeness (QED) is 0.751. The fraction of sp³-hybridized carbons (Fsp3) is 0.933. The first-order valence-electron chi connectivity index (χ1n) is 7.89. The summed E-state index contributed by atoms with van der Waals surface area (Å²) in [5, 5.41) is 2.94. The van der Waals surface area contributed by atoms with Gasteiger partial charge in [0.15, 0.2) is 0 Å². The first kappa shape index (κ1) is 14.8. The second-order valence-corrected chi connectivity index (χ2v) is 6.10. The summed E-state index contributed by atoms with van der Waals surface area (Å²) in [6.07, 6.45) is 11.7. The summed E-state index contributed by atoms with van der Waals surface area (Å²) in [7, 11) is 0. The van der Waals surface area contributed by atoms with Crippen molar-refractivity contribution in [2.45, 2.75) is 75.9 Å². The molecular weight excluding hydrogens is 240 g/mol. The molecule has 0 aromatic rings. The minimum atomic E-state index is -0.622. The van der Waals surface area contributed by atoms with E-state index in [2.05, 4.69) is 5.32 Å². The largest absolute Gasteiger partial charge is 0.376 e. The van der Waals surface area contributed by atoms with Crippen LogP contribution in [0.2, 0.25) is 0 Å². The zero-order chi connectivity index (χ0) is 13.6. The lowest BCUT2D eigenvalue weighted by atomic mass is 9.82. The van der Waals surface area contributed by atoms with Gasteiger partial charge in [0.05, 0.1) is 18.2 Å². The van der Waals surface area contributed by atoms with E-state index in [-0.39, 0.29) is 5.91 Å². The summed E-state index contributed by atoms with van der Waals surface area (Å²) in [6.45, 7) is 1.21. The number of hydrogen-bond acceptors (Lipinski definition) is 3. The molecule has 0 atom stereocenters. The molecule has 0 aromatic carbocycles. The van der Waals surface area contributed by atoms with E-state index in [1.54, 1.807) is 0 Å². The molecule has 0 radical (unpaired) electrons. The Morgan fingerprint density at radius 1 is 1.11 bits per heavy atom. The number of ether oxygens (including phenoxy) is 1. The van der Waals surface area contributed by atoms with Gasteiger partial charge in [-0.2, -0.15) is 0 Å². The van der Waals surface area contributed by atoms with Crippen LogP contribution < -0.4 is 11.1 Å². The van der Waals surface area contributed by atoms with E-state index in [9.17, 15) is 4.79 Å². The smallest absolute Gasteiger partial charge is 0.240 e. The Labute approximate surface area is 116 Å². The maximum absolute atomic E-state index is 12.1. The monoisotopic (exact) mass is 268 g/mol. The van der Waals surface area contributed by atoms with Crippen molar-refractivity contribution >= 4 is 5.91 Å². The van der Waals surface area contributed by atoms with E-state index >= 15 is 0 Å². The highest BCUT2D eigenvalue weighted by atomic mass is 16.5. The number of rotatable bonds is 5. The van der Waals surface area contributed by atoms with Crippen LogP contribution in [0.3, 0.4) is 0 Å². The molecular formula is C15H28N2O2. The summed E-state index contributed by atoms with van der Waals surface area (Å²) in [6, 6.07) is 0. The molecule has 2 fully saturated rings. The van der Waals surface area contributed by atoms with Gasteiger partial charge in [0.2, 0.25) is 5.91 Å². The molecule has 19 heavy (non-hydrogen) atoms. The molecule has 1 amide bonds. The number of amides is 1. The van der Waals surface area contributed by atoms with Gasteiger partial charge in [0, 0.05) is 6.54 Å². The number of carbonyl (C=O) groups excluding carboxylic acids is 1. The predicted octanol–water partition coefficient (Wildman–Crippen LogP) is 2.11. The maximum atomic E-state index is 12.1. The van der Waals surface area contributed by atoms with E-state index in [1.807, 2.05) is 0 Å². The zero-order valence-corrected chi connectivity index (χ0v) is 12.0. The molecule has 0 heterocycles. The summed E-state index contributed by atoms with van der Waals surface area (Å²) >= 11 is 0.